The molecule has 0 radical (unpaired) electrons. The first-order valence-corrected chi connectivity index (χ1v) is 8.28. The van der Waals surface area contributed by atoms with Crippen molar-refractivity contribution in [3.05, 3.63) is 28.8 Å². The molecule has 6 heteroatoms. The van der Waals surface area contributed by atoms with Gasteiger partial charge in [0.25, 0.3) is 0 Å². The average Bonchev–Trinajstić information content (AvgIpc) is 2.31. The lowest BCUT2D eigenvalue weighted by Crippen LogP contribution is -2.51. The molecule has 1 aromatic rings. The molecule has 1 heterocycles. The van der Waals surface area contributed by atoms with E-state index in [1.54, 1.807) is 25.1 Å². The van der Waals surface area contributed by atoms with Crippen LogP contribution in [0.25, 0.3) is 0 Å². The van der Waals surface area contributed by atoms with Gasteiger partial charge in [-0.3, -0.25) is 0 Å². The van der Waals surface area contributed by atoms with Gasteiger partial charge in [-0.15, -0.1) is 0 Å². The first kappa shape index (κ1) is 14.8. The van der Waals surface area contributed by atoms with Crippen LogP contribution in [0, 0.1) is 6.92 Å². The molecule has 106 valence electrons. The molecule has 1 aliphatic rings. The molecule has 2 rings (SSSR count). The molecule has 1 saturated heterocycles. The topological polar surface area (TPSA) is 58.2 Å². The van der Waals surface area contributed by atoms with Crippen molar-refractivity contribution in [3.63, 3.8) is 0 Å². The standard InChI is InChI=1S/C13H19ClN2O2S/c1-9-8-11(14)5-6-13(9)19(17,18)16-12-4-3-7-15-10(12)2/h5-6,8,10,12,15-16H,3-4,7H2,1-2H3. The van der Waals surface area contributed by atoms with Gasteiger partial charge in [-0.2, -0.15) is 0 Å². The second-order valence-corrected chi connectivity index (χ2v) is 7.14. The Bertz CT molecular complexity index is 560. The molecule has 4 nitrogen and oxygen atoms in total. The van der Waals surface area contributed by atoms with E-state index in [0.717, 1.165) is 19.4 Å². The van der Waals surface area contributed by atoms with E-state index in [9.17, 15) is 8.42 Å². The fourth-order valence-corrected chi connectivity index (χ4v) is 4.19. The summed E-state index contributed by atoms with van der Waals surface area (Å²) in [6, 6.07) is 4.91. The summed E-state index contributed by atoms with van der Waals surface area (Å²) < 4.78 is 27.6. The second-order valence-electron chi connectivity index (χ2n) is 5.02. The highest BCUT2D eigenvalue weighted by atomic mass is 35.5. The lowest BCUT2D eigenvalue weighted by atomic mass is 10.0. The normalized spacial score (nSPS) is 24.4. The monoisotopic (exact) mass is 302 g/mol. The molecule has 0 bridgehead atoms. The van der Waals surface area contributed by atoms with Crippen molar-refractivity contribution in [2.75, 3.05) is 6.54 Å². The molecular formula is C13H19ClN2O2S. The van der Waals surface area contributed by atoms with Crippen LogP contribution in [-0.4, -0.2) is 27.0 Å². The average molecular weight is 303 g/mol. The molecule has 0 aromatic heterocycles. The Morgan fingerprint density at radius 3 is 2.79 bits per heavy atom. The summed E-state index contributed by atoms with van der Waals surface area (Å²) in [5.74, 6) is 0. The number of piperidine rings is 1. The smallest absolute Gasteiger partial charge is 0.241 e. The lowest BCUT2D eigenvalue weighted by molar-refractivity contribution is 0.349. The Labute approximate surface area is 119 Å². The maximum atomic E-state index is 12.4. The minimum absolute atomic E-state index is 0.0613. The molecule has 0 amide bonds. The summed E-state index contributed by atoms with van der Waals surface area (Å²) in [5, 5.41) is 3.83. The third-order valence-electron chi connectivity index (χ3n) is 3.49. The van der Waals surface area contributed by atoms with Gasteiger partial charge in [0.05, 0.1) is 4.90 Å². The molecule has 2 N–H and O–H groups in total. The molecule has 0 saturated carbocycles. The first-order chi connectivity index (χ1) is 8.90. The molecule has 19 heavy (non-hydrogen) atoms. The zero-order valence-corrected chi connectivity index (χ0v) is 12.7. The number of aryl methyl sites for hydroxylation is 1. The summed E-state index contributed by atoms with van der Waals surface area (Å²) in [4.78, 5) is 0.301. The Morgan fingerprint density at radius 1 is 1.42 bits per heavy atom. The van der Waals surface area contributed by atoms with Gasteiger partial charge in [0.15, 0.2) is 0 Å². The molecule has 1 aromatic carbocycles. The first-order valence-electron chi connectivity index (χ1n) is 6.42. The summed E-state index contributed by atoms with van der Waals surface area (Å²) in [6.07, 6.45) is 1.84. The third-order valence-corrected chi connectivity index (χ3v) is 5.38. The highest BCUT2D eigenvalue weighted by molar-refractivity contribution is 7.89. The predicted molar refractivity (Wildman–Crippen MR) is 77.0 cm³/mol. The number of halogens is 1. The Morgan fingerprint density at radius 2 is 2.16 bits per heavy atom. The highest BCUT2D eigenvalue weighted by Crippen LogP contribution is 2.21. The van der Waals surface area contributed by atoms with Crippen LogP contribution in [-0.2, 0) is 10.0 Å². The van der Waals surface area contributed by atoms with E-state index in [2.05, 4.69) is 10.0 Å². The SMILES string of the molecule is Cc1cc(Cl)ccc1S(=O)(=O)NC1CCCNC1C. The van der Waals surface area contributed by atoms with Gasteiger partial charge in [0.1, 0.15) is 0 Å². The van der Waals surface area contributed by atoms with Gasteiger partial charge >= 0.3 is 0 Å². The molecule has 0 aliphatic carbocycles. The highest BCUT2D eigenvalue weighted by Gasteiger charge is 2.27. The van der Waals surface area contributed by atoms with Crippen LogP contribution < -0.4 is 10.0 Å². The predicted octanol–water partition coefficient (Wildman–Crippen LogP) is 2.07. The van der Waals surface area contributed by atoms with Crippen LogP contribution in [0.15, 0.2) is 23.1 Å². The van der Waals surface area contributed by atoms with Crippen molar-refractivity contribution >= 4 is 21.6 Å². The number of nitrogens with one attached hydrogen (secondary N) is 2. The van der Waals surface area contributed by atoms with Crippen molar-refractivity contribution in [3.8, 4) is 0 Å². The third kappa shape index (κ3) is 3.48. The van der Waals surface area contributed by atoms with Gasteiger partial charge in [0, 0.05) is 17.1 Å². The Hall–Kier alpha value is -0.620. The molecule has 0 spiro atoms. The summed E-state index contributed by atoms with van der Waals surface area (Å²) in [5.41, 5.74) is 0.663. The number of sulfonamides is 1. The maximum Gasteiger partial charge on any atom is 0.241 e. The fourth-order valence-electron chi connectivity index (χ4n) is 2.38. The summed E-state index contributed by atoms with van der Waals surface area (Å²) in [7, 11) is -3.49. The minimum atomic E-state index is -3.49. The molecule has 1 aliphatic heterocycles. The van der Waals surface area contributed by atoms with Gasteiger partial charge < -0.3 is 5.32 Å². The second kappa shape index (κ2) is 5.79. The van der Waals surface area contributed by atoms with E-state index in [-0.39, 0.29) is 12.1 Å². The zero-order valence-electron chi connectivity index (χ0n) is 11.1. The van der Waals surface area contributed by atoms with Crippen LogP contribution in [0.5, 0.6) is 0 Å². The Kier molecular flexibility index (Phi) is 4.50. The van der Waals surface area contributed by atoms with Gasteiger partial charge in [-0.05, 0) is 57.0 Å². The number of hydrogen-bond donors (Lipinski definition) is 2. The van der Waals surface area contributed by atoms with Crippen molar-refractivity contribution in [1.29, 1.82) is 0 Å². The van der Waals surface area contributed by atoms with Crippen LogP contribution in [0.4, 0.5) is 0 Å². The van der Waals surface area contributed by atoms with Gasteiger partial charge in [-0.25, -0.2) is 13.1 Å². The van der Waals surface area contributed by atoms with Crippen LogP contribution >= 0.6 is 11.6 Å². The minimum Gasteiger partial charge on any atom is -0.313 e. The van der Waals surface area contributed by atoms with Crippen molar-refractivity contribution in [2.24, 2.45) is 0 Å². The van der Waals surface area contributed by atoms with Crippen molar-refractivity contribution in [1.82, 2.24) is 10.0 Å². The van der Waals surface area contributed by atoms with E-state index < -0.39 is 10.0 Å². The van der Waals surface area contributed by atoms with E-state index in [0.29, 0.717) is 15.5 Å². The van der Waals surface area contributed by atoms with E-state index in [4.69, 9.17) is 11.6 Å². The fraction of sp³-hybridized carbons (Fsp3) is 0.538. The van der Waals surface area contributed by atoms with E-state index in [1.165, 1.54) is 0 Å². The molecule has 2 unspecified atom stereocenters. The van der Waals surface area contributed by atoms with E-state index >= 15 is 0 Å². The zero-order chi connectivity index (χ0) is 14.0. The molecular weight excluding hydrogens is 284 g/mol. The maximum absolute atomic E-state index is 12.4. The largest absolute Gasteiger partial charge is 0.313 e. The van der Waals surface area contributed by atoms with Crippen LogP contribution in [0.1, 0.15) is 25.3 Å². The van der Waals surface area contributed by atoms with Crippen LogP contribution in [0.2, 0.25) is 5.02 Å². The van der Waals surface area contributed by atoms with Crippen LogP contribution in [0.3, 0.4) is 0 Å². The quantitative estimate of drug-likeness (QED) is 0.898. The number of benzene rings is 1. The van der Waals surface area contributed by atoms with Crippen molar-refractivity contribution < 1.29 is 8.42 Å². The number of rotatable bonds is 3. The molecule has 1 fully saturated rings. The summed E-state index contributed by atoms with van der Waals surface area (Å²) >= 11 is 5.86. The summed E-state index contributed by atoms with van der Waals surface area (Å²) in [6.45, 7) is 4.70. The Balaban J connectivity index is 2.22. The number of hydrogen-bond acceptors (Lipinski definition) is 3. The van der Waals surface area contributed by atoms with Crippen molar-refractivity contribution in [2.45, 2.75) is 43.7 Å². The lowest BCUT2D eigenvalue weighted by Gasteiger charge is -2.30. The molecule has 2 atom stereocenters. The van der Waals surface area contributed by atoms with Gasteiger partial charge in [0.2, 0.25) is 10.0 Å². The van der Waals surface area contributed by atoms with Gasteiger partial charge in [-0.1, -0.05) is 11.6 Å². The van der Waals surface area contributed by atoms with E-state index in [1.807, 2.05) is 6.92 Å².